The molecule has 1 saturated heterocycles. The van der Waals surface area contributed by atoms with Crippen molar-refractivity contribution in [3.63, 3.8) is 0 Å². The smallest absolute Gasteiger partial charge is 0.258 e. The van der Waals surface area contributed by atoms with E-state index in [1.807, 2.05) is 18.2 Å². The first-order valence-corrected chi connectivity index (χ1v) is 13.4. The van der Waals surface area contributed by atoms with E-state index in [2.05, 4.69) is 42.5 Å². The minimum atomic E-state index is -3.80. The molecule has 1 saturated carbocycles. The van der Waals surface area contributed by atoms with Crippen LogP contribution in [0, 0.1) is 8.99 Å². The van der Waals surface area contributed by atoms with Crippen LogP contribution in [0.3, 0.4) is 0 Å². The Bertz CT molecular complexity index is 1130. The number of hydrogen-bond donors (Lipinski definition) is 2. The van der Waals surface area contributed by atoms with Crippen LogP contribution in [-0.2, 0) is 10.0 Å². The lowest BCUT2D eigenvalue weighted by Gasteiger charge is -2.35. The summed E-state index contributed by atoms with van der Waals surface area (Å²) in [5.41, 5.74) is 1.41. The molecule has 2 heterocycles. The number of nitrogens with one attached hydrogen (secondary N) is 2. The highest BCUT2D eigenvalue weighted by molar-refractivity contribution is 14.1. The number of amides is 1. The summed E-state index contributed by atoms with van der Waals surface area (Å²) in [6.45, 7) is 7.19. The third kappa shape index (κ3) is 5.43. The molecule has 0 atom stereocenters. The van der Waals surface area contributed by atoms with Crippen molar-refractivity contribution in [2.24, 2.45) is 5.41 Å². The van der Waals surface area contributed by atoms with Crippen LogP contribution in [0.15, 0.2) is 41.4 Å². The maximum Gasteiger partial charge on any atom is 0.258 e. The predicted octanol–water partition coefficient (Wildman–Crippen LogP) is 4.40. The third-order valence-electron chi connectivity index (χ3n) is 6.01. The van der Waals surface area contributed by atoms with Crippen molar-refractivity contribution in [3.05, 3.63) is 45.5 Å². The number of nitrogens with zero attached hydrogens (tertiary/aromatic N) is 2. The van der Waals surface area contributed by atoms with Crippen LogP contribution in [0.5, 0.6) is 0 Å². The Labute approximate surface area is 203 Å². The number of rotatable bonds is 5. The number of piperidine rings is 1. The van der Waals surface area contributed by atoms with Gasteiger partial charge in [-0.2, -0.15) is 0 Å². The Hall–Kier alpha value is -1.72. The fraction of sp³-hybridized carbons (Fsp3) is 0.478. The maximum absolute atomic E-state index is 13.2. The van der Waals surface area contributed by atoms with E-state index in [0.717, 1.165) is 22.3 Å². The summed E-state index contributed by atoms with van der Waals surface area (Å²) in [5, 5.41) is 2.66. The lowest BCUT2D eigenvalue weighted by atomic mass is 9.93. The molecular formula is C23H29IN4O3S. The summed E-state index contributed by atoms with van der Waals surface area (Å²) in [6, 6.07) is 10.4. The molecule has 2 N–H and O–H groups in total. The van der Waals surface area contributed by atoms with Crippen LogP contribution in [-0.4, -0.2) is 37.9 Å². The van der Waals surface area contributed by atoms with Crippen molar-refractivity contribution in [3.8, 4) is 0 Å². The number of aromatic nitrogens is 1. The number of halogens is 1. The molecule has 2 aliphatic rings. The average molecular weight is 568 g/mol. The first-order valence-electron chi connectivity index (χ1n) is 10.8. The quantitative estimate of drug-likeness (QED) is 0.523. The van der Waals surface area contributed by atoms with Gasteiger partial charge in [0.1, 0.15) is 5.82 Å². The number of carbonyl (C=O) groups is 1. The minimum Gasteiger partial charge on any atom is -0.371 e. The molecule has 1 aliphatic heterocycles. The van der Waals surface area contributed by atoms with Gasteiger partial charge in [0.25, 0.3) is 15.9 Å². The van der Waals surface area contributed by atoms with Crippen LogP contribution in [0.4, 0.5) is 11.5 Å². The highest BCUT2D eigenvalue weighted by Crippen LogP contribution is 2.54. The van der Waals surface area contributed by atoms with Gasteiger partial charge in [0.05, 0.1) is 11.3 Å². The predicted molar refractivity (Wildman–Crippen MR) is 135 cm³/mol. The first-order chi connectivity index (χ1) is 15.0. The van der Waals surface area contributed by atoms with Crippen LogP contribution in [0.1, 0.15) is 56.8 Å². The first kappa shape index (κ1) is 23.4. The highest BCUT2D eigenvalue weighted by Gasteiger charge is 2.44. The number of anilines is 2. The Kier molecular flexibility index (Phi) is 6.28. The Morgan fingerprint density at radius 3 is 2.41 bits per heavy atom. The zero-order valence-electron chi connectivity index (χ0n) is 18.6. The Balaban J connectivity index is 1.55. The molecule has 2 aromatic rings. The van der Waals surface area contributed by atoms with Crippen molar-refractivity contribution < 1.29 is 13.2 Å². The van der Waals surface area contributed by atoms with Crippen molar-refractivity contribution in [2.75, 3.05) is 23.3 Å². The van der Waals surface area contributed by atoms with Crippen LogP contribution >= 0.6 is 22.6 Å². The van der Waals surface area contributed by atoms with Gasteiger partial charge in [-0.1, -0.05) is 6.07 Å². The lowest BCUT2D eigenvalue weighted by molar-refractivity contribution is 0.102. The zero-order valence-corrected chi connectivity index (χ0v) is 21.6. The van der Waals surface area contributed by atoms with E-state index in [4.69, 9.17) is 0 Å². The van der Waals surface area contributed by atoms with E-state index in [-0.39, 0.29) is 16.8 Å². The SMILES string of the molecule is CC(C)(C)NS(=O)(=O)c1cccc(NC(=O)c2ccc(I)cc2N2CCC3(CC2)CC3)n1. The fourth-order valence-corrected chi connectivity index (χ4v) is 5.99. The standard InChI is InChI=1S/C23H29IN4O3S/c1-22(2,3)27-32(30,31)20-6-4-5-19(25-20)26-21(29)17-8-7-16(24)15-18(17)28-13-11-23(9-10-23)12-14-28/h4-8,15,27H,9-14H2,1-3H3,(H,25,26,29). The summed E-state index contributed by atoms with van der Waals surface area (Å²) in [5.74, 6) is -0.0965. The summed E-state index contributed by atoms with van der Waals surface area (Å²) < 4.78 is 28.9. The van der Waals surface area contributed by atoms with Crippen molar-refractivity contribution in [1.29, 1.82) is 0 Å². The number of sulfonamides is 1. The van der Waals surface area contributed by atoms with Gasteiger partial charge < -0.3 is 10.2 Å². The molecular weight excluding hydrogens is 539 g/mol. The molecule has 0 radical (unpaired) electrons. The van der Waals surface area contributed by atoms with Gasteiger partial charge in [-0.3, -0.25) is 4.79 Å². The second-order valence-electron chi connectivity index (χ2n) is 9.82. The number of benzene rings is 1. The summed E-state index contributed by atoms with van der Waals surface area (Å²) in [7, 11) is -3.80. The van der Waals surface area contributed by atoms with Crippen molar-refractivity contribution in [2.45, 2.75) is 57.0 Å². The lowest BCUT2D eigenvalue weighted by Crippen LogP contribution is -2.40. The molecule has 0 unspecified atom stereocenters. The third-order valence-corrected chi connectivity index (χ3v) is 8.34. The minimum absolute atomic E-state index is 0.126. The number of carbonyl (C=O) groups excluding carboxylic acids is 1. The molecule has 1 aromatic carbocycles. The van der Waals surface area contributed by atoms with Crippen molar-refractivity contribution >= 4 is 50.0 Å². The summed E-state index contributed by atoms with van der Waals surface area (Å²) in [4.78, 5) is 19.7. The molecule has 0 bridgehead atoms. The molecule has 1 aromatic heterocycles. The molecule has 4 rings (SSSR count). The monoisotopic (exact) mass is 568 g/mol. The van der Waals surface area contributed by atoms with E-state index in [1.54, 1.807) is 32.9 Å². The molecule has 1 spiro atoms. The van der Waals surface area contributed by atoms with Crippen molar-refractivity contribution in [1.82, 2.24) is 9.71 Å². The second kappa shape index (κ2) is 8.57. The number of pyridine rings is 1. The van der Waals surface area contributed by atoms with E-state index < -0.39 is 15.6 Å². The maximum atomic E-state index is 13.2. The van der Waals surface area contributed by atoms with E-state index in [0.29, 0.717) is 11.0 Å². The van der Waals surface area contributed by atoms with E-state index in [9.17, 15) is 13.2 Å². The molecule has 1 aliphatic carbocycles. The Morgan fingerprint density at radius 1 is 1.09 bits per heavy atom. The van der Waals surface area contributed by atoms with Crippen LogP contribution in [0.2, 0.25) is 0 Å². The summed E-state index contributed by atoms with van der Waals surface area (Å²) in [6.07, 6.45) is 4.99. The summed E-state index contributed by atoms with van der Waals surface area (Å²) >= 11 is 2.26. The average Bonchev–Trinajstić information content (AvgIpc) is 3.45. The molecule has 32 heavy (non-hydrogen) atoms. The molecule has 9 heteroatoms. The fourth-order valence-electron chi connectivity index (χ4n) is 4.13. The van der Waals surface area contributed by atoms with Gasteiger partial charge in [0.2, 0.25) is 0 Å². The molecule has 172 valence electrons. The van der Waals surface area contributed by atoms with E-state index >= 15 is 0 Å². The van der Waals surface area contributed by atoms with Gasteiger partial charge in [-0.25, -0.2) is 18.1 Å². The topological polar surface area (TPSA) is 91.4 Å². The van der Waals surface area contributed by atoms with E-state index in [1.165, 1.54) is 31.7 Å². The van der Waals surface area contributed by atoms with Crippen LogP contribution in [0.25, 0.3) is 0 Å². The van der Waals surface area contributed by atoms with Gasteiger partial charge >= 0.3 is 0 Å². The molecule has 2 fully saturated rings. The van der Waals surface area contributed by atoms with Gasteiger partial charge in [0.15, 0.2) is 5.03 Å². The largest absolute Gasteiger partial charge is 0.371 e. The molecule has 1 amide bonds. The highest BCUT2D eigenvalue weighted by atomic mass is 127. The Morgan fingerprint density at radius 2 is 1.78 bits per heavy atom. The second-order valence-corrected chi connectivity index (χ2v) is 12.7. The number of hydrogen-bond acceptors (Lipinski definition) is 5. The zero-order chi connectivity index (χ0) is 23.1. The van der Waals surface area contributed by atoms with Gasteiger partial charge in [-0.05, 0) is 105 Å². The van der Waals surface area contributed by atoms with Gasteiger partial charge in [0, 0.05) is 22.2 Å². The normalized spacial score (nSPS) is 17.9. The van der Waals surface area contributed by atoms with Crippen LogP contribution < -0.4 is 14.9 Å². The molecule has 7 nitrogen and oxygen atoms in total. The van der Waals surface area contributed by atoms with Gasteiger partial charge in [-0.15, -0.1) is 0 Å².